The van der Waals surface area contributed by atoms with Gasteiger partial charge in [-0.05, 0) is 47.4 Å². The molecule has 29 heavy (non-hydrogen) atoms. The molecule has 2 aromatic carbocycles. The summed E-state index contributed by atoms with van der Waals surface area (Å²) >= 11 is 0. The van der Waals surface area contributed by atoms with Crippen LogP contribution in [0.1, 0.15) is 24.5 Å². The van der Waals surface area contributed by atoms with Crippen molar-refractivity contribution in [2.75, 3.05) is 13.1 Å². The third-order valence-electron chi connectivity index (χ3n) is 5.65. The molecular formula is C24H28N4O. The third-order valence-corrected chi connectivity index (χ3v) is 5.65. The van der Waals surface area contributed by atoms with Crippen molar-refractivity contribution < 1.29 is 4.79 Å². The van der Waals surface area contributed by atoms with Gasteiger partial charge in [-0.2, -0.15) is 0 Å². The summed E-state index contributed by atoms with van der Waals surface area (Å²) in [6.07, 6.45) is 4.45. The standard InChI is InChI=1S/C24H28N4O/c1-2-26-24(29)23-14-21(27-15-18-10-12-25-13-11-18)17-28(23)16-20-8-5-7-19-6-3-4-9-22(19)20/h3-13,21,23,27H,2,14-17H2,1H3,(H,26,29)/t21-,23-/m0/s1. The number of benzene rings is 2. The maximum absolute atomic E-state index is 12.7. The van der Waals surface area contributed by atoms with E-state index in [4.69, 9.17) is 0 Å². The molecule has 0 spiro atoms. The largest absolute Gasteiger partial charge is 0.355 e. The molecule has 5 nitrogen and oxygen atoms in total. The molecule has 5 heteroatoms. The van der Waals surface area contributed by atoms with Crippen molar-refractivity contribution >= 4 is 16.7 Å². The molecule has 3 aromatic rings. The highest BCUT2D eigenvalue weighted by atomic mass is 16.2. The maximum atomic E-state index is 12.7. The number of hydrogen-bond acceptors (Lipinski definition) is 4. The van der Waals surface area contributed by atoms with Gasteiger partial charge in [-0.1, -0.05) is 42.5 Å². The van der Waals surface area contributed by atoms with Gasteiger partial charge in [-0.3, -0.25) is 14.7 Å². The molecule has 0 radical (unpaired) electrons. The molecule has 150 valence electrons. The quantitative estimate of drug-likeness (QED) is 0.653. The van der Waals surface area contributed by atoms with Crippen LogP contribution < -0.4 is 10.6 Å². The van der Waals surface area contributed by atoms with Gasteiger partial charge >= 0.3 is 0 Å². The Morgan fingerprint density at radius 3 is 2.72 bits per heavy atom. The lowest BCUT2D eigenvalue weighted by atomic mass is 10.0. The first-order chi connectivity index (χ1) is 14.2. The molecule has 0 aliphatic carbocycles. The second-order valence-electron chi connectivity index (χ2n) is 7.65. The second-order valence-corrected chi connectivity index (χ2v) is 7.65. The number of fused-ring (bicyclic) bond motifs is 1. The molecule has 1 saturated heterocycles. The van der Waals surface area contributed by atoms with Gasteiger partial charge in [-0.25, -0.2) is 0 Å². The number of nitrogens with zero attached hydrogens (tertiary/aromatic N) is 2. The van der Waals surface area contributed by atoms with Gasteiger partial charge in [0.15, 0.2) is 0 Å². The van der Waals surface area contributed by atoms with Crippen molar-refractivity contribution in [1.82, 2.24) is 20.5 Å². The van der Waals surface area contributed by atoms with E-state index in [1.165, 1.54) is 21.9 Å². The average Bonchev–Trinajstić information content (AvgIpc) is 3.16. The van der Waals surface area contributed by atoms with Crippen molar-refractivity contribution in [3.8, 4) is 0 Å². The summed E-state index contributed by atoms with van der Waals surface area (Å²) in [5.74, 6) is 0.126. The Kier molecular flexibility index (Phi) is 6.17. The van der Waals surface area contributed by atoms with Crippen molar-refractivity contribution in [3.63, 3.8) is 0 Å². The van der Waals surface area contributed by atoms with Crippen molar-refractivity contribution in [2.45, 2.75) is 38.5 Å². The molecule has 2 atom stereocenters. The second kappa shape index (κ2) is 9.16. The summed E-state index contributed by atoms with van der Waals surface area (Å²) in [5, 5.41) is 9.15. The highest BCUT2D eigenvalue weighted by Gasteiger charge is 2.36. The lowest BCUT2D eigenvalue weighted by Crippen LogP contribution is -2.42. The molecule has 2 heterocycles. The molecule has 1 amide bonds. The van der Waals surface area contributed by atoms with E-state index in [-0.39, 0.29) is 18.0 Å². The minimum absolute atomic E-state index is 0.108. The number of carbonyl (C=O) groups excluding carboxylic acids is 1. The molecule has 0 unspecified atom stereocenters. The smallest absolute Gasteiger partial charge is 0.237 e. The summed E-state index contributed by atoms with van der Waals surface area (Å²) in [6, 6.07) is 19.1. The topological polar surface area (TPSA) is 57.3 Å². The van der Waals surface area contributed by atoms with Crippen LogP contribution in [0.5, 0.6) is 0 Å². The average molecular weight is 389 g/mol. The molecular weight excluding hydrogens is 360 g/mol. The summed E-state index contributed by atoms with van der Waals surface area (Å²) in [4.78, 5) is 19.1. The zero-order valence-corrected chi connectivity index (χ0v) is 16.8. The van der Waals surface area contributed by atoms with E-state index in [9.17, 15) is 4.79 Å². The predicted molar refractivity (Wildman–Crippen MR) is 116 cm³/mol. The van der Waals surface area contributed by atoms with E-state index in [2.05, 4.69) is 63.0 Å². The minimum atomic E-state index is -0.108. The maximum Gasteiger partial charge on any atom is 0.237 e. The van der Waals surface area contributed by atoms with E-state index < -0.39 is 0 Å². The van der Waals surface area contributed by atoms with Crippen LogP contribution in [0.15, 0.2) is 67.0 Å². The first-order valence-corrected chi connectivity index (χ1v) is 10.3. The Labute approximate surface area is 172 Å². The first-order valence-electron chi connectivity index (χ1n) is 10.3. The van der Waals surface area contributed by atoms with E-state index in [1.54, 1.807) is 0 Å². The zero-order valence-electron chi connectivity index (χ0n) is 16.8. The van der Waals surface area contributed by atoms with E-state index in [0.717, 1.165) is 26.1 Å². The Hall–Kier alpha value is -2.76. The Bertz CT molecular complexity index is 954. The van der Waals surface area contributed by atoms with Gasteiger partial charge in [-0.15, -0.1) is 0 Å². The third kappa shape index (κ3) is 4.63. The van der Waals surface area contributed by atoms with Crippen LogP contribution in [0.25, 0.3) is 10.8 Å². The fourth-order valence-corrected chi connectivity index (χ4v) is 4.20. The van der Waals surface area contributed by atoms with Gasteiger partial charge in [0.1, 0.15) is 0 Å². The summed E-state index contributed by atoms with van der Waals surface area (Å²) in [5.41, 5.74) is 2.48. The van der Waals surface area contributed by atoms with Crippen LogP contribution in [0, 0.1) is 0 Å². The lowest BCUT2D eigenvalue weighted by Gasteiger charge is -2.24. The number of likely N-dealkylation sites (tertiary alicyclic amines) is 1. The van der Waals surface area contributed by atoms with Crippen molar-refractivity contribution in [3.05, 3.63) is 78.1 Å². The number of carbonyl (C=O) groups is 1. The number of pyridine rings is 1. The number of likely N-dealkylation sites (N-methyl/N-ethyl adjacent to an activating group) is 1. The van der Waals surface area contributed by atoms with Gasteiger partial charge < -0.3 is 10.6 Å². The van der Waals surface area contributed by atoms with Gasteiger partial charge in [0, 0.05) is 44.6 Å². The van der Waals surface area contributed by atoms with Gasteiger partial charge in [0.2, 0.25) is 5.91 Å². The fraction of sp³-hybridized carbons (Fsp3) is 0.333. The van der Waals surface area contributed by atoms with Gasteiger partial charge in [0.25, 0.3) is 0 Å². The molecule has 1 aromatic heterocycles. The Morgan fingerprint density at radius 2 is 1.90 bits per heavy atom. The van der Waals surface area contributed by atoms with Crippen LogP contribution >= 0.6 is 0 Å². The minimum Gasteiger partial charge on any atom is -0.355 e. The molecule has 0 bridgehead atoms. The first kappa shape index (κ1) is 19.6. The monoisotopic (exact) mass is 388 g/mol. The van der Waals surface area contributed by atoms with E-state index in [1.807, 2.05) is 31.5 Å². The lowest BCUT2D eigenvalue weighted by molar-refractivity contribution is -0.125. The van der Waals surface area contributed by atoms with Crippen molar-refractivity contribution in [2.24, 2.45) is 0 Å². The predicted octanol–water partition coefficient (Wildman–Crippen LogP) is 3.10. The fourth-order valence-electron chi connectivity index (χ4n) is 4.20. The zero-order chi connectivity index (χ0) is 20.1. The van der Waals surface area contributed by atoms with Crippen LogP contribution in [0.3, 0.4) is 0 Å². The summed E-state index contributed by atoms with van der Waals surface area (Å²) < 4.78 is 0. The Morgan fingerprint density at radius 1 is 1.10 bits per heavy atom. The molecule has 1 fully saturated rings. The number of hydrogen-bond donors (Lipinski definition) is 2. The molecule has 1 aliphatic heterocycles. The number of rotatable bonds is 7. The normalized spacial score (nSPS) is 19.5. The van der Waals surface area contributed by atoms with E-state index >= 15 is 0 Å². The van der Waals surface area contributed by atoms with E-state index in [0.29, 0.717) is 6.54 Å². The van der Waals surface area contributed by atoms with Crippen LogP contribution in [0.2, 0.25) is 0 Å². The van der Waals surface area contributed by atoms with Crippen molar-refractivity contribution in [1.29, 1.82) is 0 Å². The summed E-state index contributed by atoms with van der Waals surface area (Å²) in [7, 11) is 0. The molecule has 1 aliphatic rings. The molecule has 4 rings (SSSR count). The number of amides is 1. The van der Waals surface area contributed by atoms with Crippen LogP contribution in [-0.2, 0) is 17.9 Å². The Balaban J connectivity index is 1.50. The number of nitrogens with one attached hydrogen (secondary N) is 2. The highest BCUT2D eigenvalue weighted by Crippen LogP contribution is 2.25. The molecule has 0 saturated carbocycles. The summed E-state index contributed by atoms with van der Waals surface area (Å²) in [6.45, 7) is 5.05. The number of aromatic nitrogens is 1. The SMILES string of the molecule is CCNC(=O)[C@@H]1C[C@H](NCc2ccncc2)CN1Cc1cccc2ccccc12. The van der Waals surface area contributed by atoms with Crippen LogP contribution in [0.4, 0.5) is 0 Å². The molecule has 2 N–H and O–H groups in total. The van der Waals surface area contributed by atoms with Crippen LogP contribution in [-0.4, -0.2) is 41.0 Å². The van der Waals surface area contributed by atoms with Gasteiger partial charge in [0.05, 0.1) is 6.04 Å². The highest BCUT2D eigenvalue weighted by molar-refractivity contribution is 5.86.